The molecule has 5 heteroatoms. The SMILES string of the molecule is COc1cc(N=[N+]=[N-])ccc1SC. The maximum atomic E-state index is 8.22. The quantitative estimate of drug-likeness (QED) is 0.321. The lowest BCUT2D eigenvalue weighted by Crippen LogP contribution is -1.84. The van der Waals surface area contributed by atoms with Gasteiger partial charge in [0.25, 0.3) is 0 Å². The minimum atomic E-state index is 0.567. The maximum Gasteiger partial charge on any atom is 0.132 e. The van der Waals surface area contributed by atoms with Crippen LogP contribution in [0.3, 0.4) is 0 Å². The number of ether oxygens (including phenoxy) is 1. The number of azide groups is 1. The molecule has 0 radical (unpaired) electrons. The first-order valence-electron chi connectivity index (χ1n) is 3.59. The highest BCUT2D eigenvalue weighted by molar-refractivity contribution is 7.98. The van der Waals surface area contributed by atoms with Gasteiger partial charge in [0.1, 0.15) is 5.75 Å². The second kappa shape index (κ2) is 4.64. The molecule has 1 rings (SSSR count). The molecule has 0 N–H and O–H groups in total. The van der Waals surface area contributed by atoms with E-state index >= 15 is 0 Å². The van der Waals surface area contributed by atoms with Crippen LogP contribution in [-0.4, -0.2) is 13.4 Å². The summed E-state index contributed by atoms with van der Waals surface area (Å²) in [4.78, 5) is 3.73. The van der Waals surface area contributed by atoms with E-state index in [-0.39, 0.29) is 0 Å². The molecule has 13 heavy (non-hydrogen) atoms. The van der Waals surface area contributed by atoms with Crippen molar-refractivity contribution >= 4 is 17.4 Å². The third kappa shape index (κ3) is 2.31. The molecule has 0 heterocycles. The Morgan fingerprint density at radius 2 is 2.31 bits per heavy atom. The zero-order valence-electron chi connectivity index (χ0n) is 7.39. The van der Waals surface area contributed by atoms with Gasteiger partial charge in [0, 0.05) is 15.5 Å². The lowest BCUT2D eigenvalue weighted by Gasteiger charge is -2.05. The zero-order chi connectivity index (χ0) is 9.68. The molecular weight excluding hydrogens is 186 g/mol. The van der Waals surface area contributed by atoms with Crippen molar-refractivity contribution in [2.45, 2.75) is 4.90 Å². The molecule has 0 amide bonds. The van der Waals surface area contributed by atoms with Crippen LogP contribution in [0.15, 0.2) is 28.2 Å². The normalized spacial score (nSPS) is 9.08. The number of methoxy groups -OCH3 is 1. The van der Waals surface area contributed by atoms with Crippen molar-refractivity contribution in [2.75, 3.05) is 13.4 Å². The fourth-order valence-corrected chi connectivity index (χ4v) is 1.49. The standard InChI is InChI=1S/C8H9N3OS/c1-12-7-5-6(10-11-9)3-4-8(7)13-2/h3-5H,1-2H3. The van der Waals surface area contributed by atoms with Crippen LogP contribution in [0.25, 0.3) is 10.4 Å². The van der Waals surface area contributed by atoms with Gasteiger partial charge < -0.3 is 4.74 Å². The molecule has 0 saturated carbocycles. The van der Waals surface area contributed by atoms with Crippen molar-refractivity contribution in [3.63, 3.8) is 0 Å². The van der Waals surface area contributed by atoms with Crippen molar-refractivity contribution in [1.29, 1.82) is 0 Å². The Morgan fingerprint density at radius 1 is 1.54 bits per heavy atom. The fraction of sp³-hybridized carbons (Fsp3) is 0.250. The van der Waals surface area contributed by atoms with Crippen molar-refractivity contribution in [1.82, 2.24) is 0 Å². The van der Waals surface area contributed by atoms with Crippen molar-refractivity contribution in [3.05, 3.63) is 28.6 Å². The molecular formula is C8H9N3OS. The summed E-state index contributed by atoms with van der Waals surface area (Å²) in [6.07, 6.45) is 1.96. The highest BCUT2D eigenvalue weighted by Gasteiger charge is 2.01. The number of rotatable bonds is 3. The monoisotopic (exact) mass is 195 g/mol. The van der Waals surface area contributed by atoms with Crippen LogP contribution in [0.1, 0.15) is 0 Å². The van der Waals surface area contributed by atoms with Gasteiger partial charge in [0.05, 0.1) is 7.11 Å². The minimum Gasteiger partial charge on any atom is -0.496 e. The van der Waals surface area contributed by atoms with E-state index in [4.69, 9.17) is 10.3 Å². The van der Waals surface area contributed by atoms with Crippen LogP contribution in [0.4, 0.5) is 5.69 Å². The average molecular weight is 195 g/mol. The lowest BCUT2D eigenvalue weighted by atomic mass is 10.3. The van der Waals surface area contributed by atoms with E-state index in [1.807, 2.05) is 12.3 Å². The van der Waals surface area contributed by atoms with Gasteiger partial charge in [-0.15, -0.1) is 11.8 Å². The van der Waals surface area contributed by atoms with E-state index in [1.54, 1.807) is 31.0 Å². The summed E-state index contributed by atoms with van der Waals surface area (Å²) in [5, 5.41) is 3.48. The first kappa shape index (κ1) is 9.77. The number of thioether (sulfide) groups is 1. The average Bonchev–Trinajstić information content (AvgIpc) is 2.18. The summed E-state index contributed by atoms with van der Waals surface area (Å²) in [5.74, 6) is 0.734. The fourth-order valence-electron chi connectivity index (χ4n) is 0.939. The molecule has 0 aromatic heterocycles. The predicted molar refractivity (Wildman–Crippen MR) is 53.6 cm³/mol. The molecule has 68 valence electrons. The van der Waals surface area contributed by atoms with Crippen LogP contribution in [0.5, 0.6) is 5.75 Å². The summed E-state index contributed by atoms with van der Waals surface area (Å²) < 4.78 is 5.12. The second-order valence-corrected chi connectivity index (χ2v) is 3.08. The molecule has 0 aliphatic rings. The van der Waals surface area contributed by atoms with E-state index in [2.05, 4.69) is 10.0 Å². The minimum absolute atomic E-state index is 0.567. The van der Waals surface area contributed by atoms with Crippen molar-refractivity contribution in [3.8, 4) is 5.75 Å². The molecule has 1 aromatic carbocycles. The number of benzene rings is 1. The molecule has 4 nitrogen and oxygen atoms in total. The van der Waals surface area contributed by atoms with E-state index in [0.717, 1.165) is 10.6 Å². The van der Waals surface area contributed by atoms with Gasteiger partial charge in [-0.05, 0) is 23.9 Å². The first-order valence-corrected chi connectivity index (χ1v) is 4.81. The largest absolute Gasteiger partial charge is 0.496 e. The number of hydrogen-bond donors (Lipinski definition) is 0. The van der Waals surface area contributed by atoms with Crippen LogP contribution >= 0.6 is 11.8 Å². The van der Waals surface area contributed by atoms with E-state index in [0.29, 0.717) is 5.69 Å². The maximum absolute atomic E-state index is 8.22. The van der Waals surface area contributed by atoms with Crippen LogP contribution in [0, 0.1) is 0 Å². The predicted octanol–water partition coefficient (Wildman–Crippen LogP) is 3.36. The first-order chi connectivity index (χ1) is 6.31. The molecule has 0 bridgehead atoms. The smallest absolute Gasteiger partial charge is 0.132 e. The number of hydrogen-bond acceptors (Lipinski definition) is 3. The zero-order valence-corrected chi connectivity index (χ0v) is 8.21. The topological polar surface area (TPSA) is 58.0 Å². The van der Waals surface area contributed by atoms with E-state index in [9.17, 15) is 0 Å². The van der Waals surface area contributed by atoms with Crippen LogP contribution in [-0.2, 0) is 0 Å². The Hall–Kier alpha value is -1.32. The lowest BCUT2D eigenvalue weighted by molar-refractivity contribution is 0.405. The van der Waals surface area contributed by atoms with Crippen LogP contribution < -0.4 is 4.74 Å². The molecule has 0 saturated heterocycles. The van der Waals surface area contributed by atoms with Crippen molar-refractivity contribution in [2.24, 2.45) is 5.11 Å². The molecule has 0 fully saturated rings. The number of nitrogens with zero attached hydrogens (tertiary/aromatic N) is 3. The molecule has 0 spiro atoms. The molecule has 0 aliphatic carbocycles. The summed E-state index contributed by atoms with van der Waals surface area (Å²) in [6.45, 7) is 0. The summed E-state index contributed by atoms with van der Waals surface area (Å²) in [6, 6.07) is 5.34. The molecule has 0 unspecified atom stereocenters. The highest BCUT2D eigenvalue weighted by atomic mass is 32.2. The second-order valence-electron chi connectivity index (χ2n) is 2.23. The van der Waals surface area contributed by atoms with Gasteiger partial charge >= 0.3 is 0 Å². The Bertz CT molecular complexity index is 347. The van der Waals surface area contributed by atoms with Crippen LogP contribution in [0.2, 0.25) is 0 Å². The summed E-state index contributed by atoms with van der Waals surface area (Å²) in [5.41, 5.74) is 8.79. The third-order valence-corrected chi connectivity index (χ3v) is 2.30. The van der Waals surface area contributed by atoms with Crippen molar-refractivity contribution < 1.29 is 4.74 Å². The van der Waals surface area contributed by atoms with Gasteiger partial charge in [-0.1, -0.05) is 11.2 Å². The Labute approximate surface area is 80.5 Å². The van der Waals surface area contributed by atoms with Gasteiger partial charge in [-0.25, -0.2) is 0 Å². The van der Waals surface area contributed by atoms with Gasteiger partial charge in [-0.3, -0.25) is 0 Å². The Kier molecular flexibility index (Phi) is 3.49. The highest BCUT2D eigenvalue weighted by Crippen LogP contribution is 2.31. The van der Waals surface area contributed by atoms with E-state index < -0.39 is 0 Å². The van der Waals surface area contributed by atoms with E-state index in [1.165, 1.54) is 0 Å². The Balaban J connectivity index is 3.12. The summed E-state index contributed by atoms with van der Waals surface area (Å²) in [7, 11) is 1.59. The third-order valence-electron chi connectivity index (χ3n) is 1.53. The van der Waals surface area contributed by atoms with Gasteiger partial charge in [0.15, 0.2) is 0 Å². The summed E-state index contributed by atoms with van der Waals surface area (Å²) >= 11 is 1.59. The molecule has 0 atom stereocenters. The van der Waals surface area contributed by atoms with Gasteiger partial charge in [-0.2, -0.15) is 0 Å². The molecule has 1 aromatic rings. The van der Waals surface area contributed by atoms with Gasteiger partial charge in [0.2, 0.25) is 0 Å². The molecule has 0 aliphatic heterocycles. The Morgan fingerprint density at radius 3 is 2.85 bits per heavy atom.